The van der Waals surface area contributed by atoms with Crippen molar-refractivity contribution < 1.29 is 26.1 Å². The minimum Gasteiger partial charge on any atom is -0.269 e. The maximum atomic E-state index is 11.8. The number of hydrogen-bond donors (Lipinski definition) is 0. The molecule has 1 unspecified atom stereocenters. The summed E-state index contributed by atoms with van der Waals surface area (Å²) < 4.78 is 47.2. The van der Waals surface area contributed by atoms with Gasteiger partial charge < -0.3 is 0 Å². The molecule has 62 valence electrons. The molecular weight excluding hydrogens is 173 g/mol. The van der Waals surface area contributed by atoms with Crippen LogP contribution in [0.4, 0.5) is 13.5 Å². The molecule has 3 nitrogen and oxygen atoms in total. The van der Waals surface area contributed by atoms with Crippen molar-refractivity contribution in [2.24, 2.45) is 0 Å². The van der Waals surface area contributed by atoms with E-state index < -0.39 is 21.5 Å². The van der Waals surface area contributed by atoms with Gasteiger partial charge in [0.25, 0.3) is 10.1 Å². The van der Waals surface area contributed by atoms with Gasteiger partial charge in [-0.2, -0.15) is 21.4 Å². The van der Waals surface area contributed by atoms with Gasteiger partial charge in [-0.1, -0.05) is 0 Å². The van der Waals surface area contributed by atoms with Crippen LogP contribution >= 0.6 is 0 Å². The molecule has 1 saturated heterocycles. The van der Waals surface area contributed by atoms with Crippen molar-refractivity contribution in [2.75, 3.05) is 0 Å². The topological polar surface area (TPSA) is 43.4 Å². The Bertz CT molecular complexity index is 221. The third kappa shape index (κ3) is 1.10. The zero-order chi connectivity index (χ0) is 7.28. The van der Waals surface area contributed by atoms with Crippen LogP contribution in [-0.2, 0) is 14.3 Å². The number of rotatable bonds is 0. The lowest BCUT2D eigenvalue weighted by Gasteiger charge is -2.31. The van der Waals surface area contributed by atoms with Crippen LogP contribution in [0.5, 0.6) is 0 Å². The number of halogens is 3. The molecule has 0 spiro atoms. The predicted octanol–water partition coefficient (Wildman–Crippen LogP) is 0.480. The molecule has 0 aliphatic carbocycles. The summed E-state index contributed by atoms with van der Waals surface area (Å²) in [5.41, 5.74) is 0. The normalized spacial score (nSPS) is 33.7. The van der Waals surface area contributed by atoms with Crippen molar-refractivity contribution in [1.82, 2.24) is 0 Å². The number of hydrogen-bond acceptors (Lipinski definition) is 3. The van der Waals surface area contributed by atoms with Gasteiger partial charge in [0, 0.05) is 0 Å². The second-order valence-electron chi connectivity index (χ2n) is 1.78. The van der Waals surface area contributed by atoms with Gasteiger partial charge in [0.05, 0.1) is 0 Å². The predicted molar refractivity (Wildman–Crippen MR) is 26.9 cm³/mol. The molecule has 0 amide bonds. The Kier molecular flexibility index (Phi) is 2.03. The molecule has 0 aromatic heterocycles. The maximum Gasteiger partial charge on any atom is 0.388 e. The van der Waals surface area contributed by atoms with Gasteiger partial charge in [0.1, 0.15) is 0 Å². The Morgan fingerprint density at radius 2 is 1.90 bits per heavy atom. The fourth-order valence-electron chi connectivity index (χ4n) is 0.420. The van der Waals surface area contributed by atoms with Gasteiger partial charge in [-0.3, -0.25) is 4.70 Å². The standard InChI is InChI=1S/C3H4F2O3S.FH/c1-2-3(4,5)8-9(2,6)7;/h2H,1H3;1H. The van der Waals surface area contributed by atoms with Crippen molar-refractivity contribution >= 4 is 10.1 Å². The Morgan fingerprint density at radius 3 is 1.90 bits per heavy atom. The van der Waals surface area contributed by atoms with E-state index in [0.29, 0.717) is 0 Å². The van der Waals surface area contributed by atoms with E-state index >= 15 is 0 Å². The summed E-state index contributed by atoms with van der Waals surface area (Å²) in [6, 6.07) is 0. The molecule has 1 aliphatic rings. The summed E-state index contributed by atoms with van der Waals surface area (Å²) in [6.45, 7) is 0.902. The van der Waals surface area contributed by atoms with Gasteiger partial charge in [-0.25, -0.2) is 0 Å². The van der Waals surface area contributed by atoms with E-state index in [2.05, 4.69) is 4.18 Å². The molecule has 10 heavy (non-hydrogen) atoms. The van der Waals surface area contributed by atoms with E-state index in [9.17, 15) is 17.2 Å². The average molecular weight is 178 g/mol. The van der Waals surface area contributed by atoms with E-state index in [1.807, 2.05) is 0 Å². The third-order valence-corrected chi connectivity index (χ3v) is 2.73. The van der Waals surface area contributed by atoms with Gasteiger partial charge in [-0.15, -0.1) is 0 Å². The molecule has 0 aromatic carbocycles. The summed E-state index contributed by atoms with van der Waals surface area (Å²) >= 11 is 0. The van der Waals surface area contributed by atoms with Gasteiger partial charge in [0.15, 0.2) is 5.25 Å². The lowest BCUT2D eigenvalue weighted by Crippen LogP contribution is -2.53. The average Bonchev–Trinajstić information content (AvgIpc) is 1.63. The first-order valence-electron chi connectivity index (χ1n) is 2.18. The summed E-state index contributed by atoms with van der Waals surface area (Å²) in [7, 11) is -3.92. The molecule has 0 N–H and O–H groups in total. The van der Waals surface area contributed by atoms with E-state index in [0.717, 1.165) is 6.92 Å². The van der Waals surface area contributed by atoms with Crippen LogP contribution < -0.4 is 0 Å². The van der Waals surface area contributed by atoms with Crippen molar-refractivity contribution in [1.29, 1.82) is 0 Å². The molecule has 0 aromatic rings. The zero-order valence-electron chi connectivity index (χ0n) is 4.87. The first-order valence-corrected chi connectivity index (χ1v) is 3.66. The molecule has 1 heterocycles. The van der Waals surface area contributed by atoms with Gasteiger partial charge in [-0.05, 0) is 6.92 Å². The minimum absolute atomic E-state index is 0. The molecule has 1 rings (SSSR count). The van der Waals surface area contributed by atoms with E-state index in [-0.39, 0.29) is 4.70 Å². The summed E-state index contributed by atoms with van der Waals surface area (Å²) in [5.74, 6) is 0. The highest BCUT2D eigenvalue weighted by atomic mass is 32.2. The zero-order valence-corrected chi connectivity index (χ0v) is 5.69. The highest BCUT2D eigenvalue weighted by Gasteiger charge is 2.60. The lowest BCUT2D eigenvalue weighted by atomic mass is 10.4. The van der Waals surface area contributed by atoms with E-state index in [1.54, 1.807) is 0 Å². The molecule has 0 saturated carbocycles. The Labute approximate surface area is 55.5 Å². The van der Waals surface area contributed by atoms with E-state index in [4.69, 9.17) is 0 Å². The Morgan fingerprint density at radius 1 is 1.50 bits per heavy atom. The Hall–Kier alpha value is -0.300. The van der Waals surface area contributed by atoms with Crippen molar-refractivity contribution in [3.05, 3.63) is 0 Å². The molecule has 1 aliphatic heterocycles. The summed E-state index contributed by atoms with van der Waals surface area (Å²) in [4.78, 5) is 0. The van der Waals surface area contributed by atoms with Crippen molar-refractivity contribution in [3.63, 3.8) is 0 Å². The molecular formula is C3H5F3O3S. The fraction of sp³-hybridized carbons (Fsp3) is 1.00. The maximum absolute atomic E-state index is 11.8. The molecule has 7 heteroatoms. The molecule has 0 radical (unpaired) electrons. The SMILES string of the molecule is CC1C(F)(F)OS1(=O)=O.F. The van der Waals surface area contributed by atoms with Crippen LogP contribution in [0.1, 0.15) is 6.92 Å². The van der Waals surface area contributed by atoms with Crippen LogP contribution in [0, 0.1) is 0 Å². The third-order valence-electron chi connectivity index (χ3n) is 1.13. The second-order valence-corrected chi connectivity index (χ2v) is 3.64. The summed E-state index contributed by atoms with van der Waals surface area (Å²) in [5, 5.41) is -1.69. The fourth-order valence-corrected chi connectivity index (χ4v) is 1.26. The Balaban J connectivity index is 0.000000810. The van der Waals surface area contributed by atoms with Crippen LogP contribution in [-0.4, -0.2) is 19.8 Å². The van der Waals surface area contributed by atoms with Crippen LogP contribution in [0.15, 0.2) is 0 Å². The van der Waals surface area contributed by atoms with Crippen LogP contribution in [0.25, 0.3) is 0 Å². The van der Waals surface area contributed by atoms with Crippen LogP contribution in [0.3, 0.4) is 0 Å². The van der Waals surface area contributed by atoms with E-state index in [1.165, 1.54) is 0 Å². The van der Waals surface area contributed by atoms with Gasteiger partial charge >= 0.3 is 6.11 Å². The smallest absolute Gasteiger partial charge is 0.269 e. The molecule has 0 bridgehead atoms. The molecule has 1 atom stereocenters. The lowest BCUT2D eigenvalue weighted by molar-refractivity contribution is -0.204. The van der Waals surface area contributed by atoms with Crippen LogP contribution in [0.2, 0.25) is 0 Å². The minimum atomic E-state index is -3.92. The largest absolute Gasteiger partial charge is 0.388 e. The second kappa shape index (κ2) is 2.09. The van der Waals surface area contributed by atoms with Gasteiger partial charge in [0.2, 0.25) is 0 Å². The highest BCUT2D eigenvalue weighted by molar-refractivity contribution is 7.88. The number of alkyl halides is 2. The first-order chi connectivity index (χ1) is 3.86. The first kappa shape index (κ1) is 9.70. The molecule has 1 fully saturated rings. The quantitative estimate of drug-likeness (QED) is 0.507. The summed E-state index contributed by atoms with van der Waals surface area (Å²) in [6.07, 6.45) is -3.47. The van der Waals surface area contributed by atoms with Crippen molar-refractivity contribution in [3.8, 4) is 0 Å². The highest BCUT2D eigenvalue weighted by Crippen LogP contribution is 2.38. The van der Waals surface area contributed by atoms with Crippen molar-refractivity contribution in [2.45, 2.75) is 18.3 Å². The monoisotopic (exact) mass is 178 g/mol.